The molecule has 0 aromatic carbocycles. The summed E-state index contributed by atoms with van der Waals surface area (Å²) in [7, 11) is 0. The molecule has 2 N–H and O–H groups in total. The van der Waals surface area contributed by atoms with Gasteiger partial charge < -0.3 is 5.73 Å². The number of carbonyl (C=O) groups excluding carboxylic acids is 1. The Hall–Kier alpha value is -0.860. The molecule has 0 rings (SSSR count). The maximum Gasteiger partial charge on any atom is 0.242 e. The minimum absolute atomic E-state index is 0.153. The van der Waals surface area contributed by atoms with Crippen LogP contribution in [0.4, 0.5) is 0 Å². The Morgan fingerprint density at radius 2 is 2.11 bits per heavy atom. The van der Waals surface area contributed by atoms with E-state index in [0.717, 1.165) is 0 Å². The van der Waals surface area contributed by atoms with Crippen molar-refractivity contribution in [1.29, 1.82) is 0 Å². The Morgan fingerprint density at radius 3 is 2.11 bits per heavy atom. The van der Waals surface area contributed by atoms with Crippen LogP contribution in [0.15, 0.2) is 4.99 Å². The molecule has 1 amide bonds. The highest BCUT2D eigenvalue weighted by atomic mass is 16.1. The lowest BCUT2D eigenvalue weighted by molar-refractivity contribution is -0.119. The zero-order chi connectivity index (χ0) is 7.44. The van der Waals surface area contributed by atoms with Crippen molar-refractivity contribution in [3.05, 3.63) is 0 Å². The van der Waals surface area contributed by atoms with Gasteiger partial charge >= 0.3 is 0 Å². The highest BCUT2D eigenvalue weighted by Gasteiger charge is 2.15. The summed E-state index contributed by atoms with van der Waals surface area (Å²) in [4.78, 5) is 14.0. The van der Waals surface area contributed by atoms with Crippen LogP contribution < -0.4 is 5.73 Å². The van der Waals surface area contributed by atoms with Gasteiger partial charge in [-0.25, -0.2) is 0 Å². The van der Waals surface area contributed by atoms with E-state index in [1.165, 1.54) is 0 Å². The average Bonchev–Trinajstić information content (AvgIpc) is 1.64. The molecule has 0 aliphatic carbocycles. The second kappa shape index (κ2) is 3.22. The summed E-state index contributed by atoms with van der Waals surface area (Å²) in [6.45, 7) is 7.01. The fraction of sp³-hybridized carbons (Fsp3) is 0.667. The normalized spacial score (nSPS) is 13.2. The first-order valence-electron chi connectivity index (χ1n) is 2.84. The van der Waals surface area contributed by atoms with Gasteiger partial charge in [0, 0.05) is 0 Å². The molecule has 0 bridgehead atoms. The Balaban J connectivity index is 3.98. The second-order valence-corrected chi connectivity index (χ2v) is 2.27. The minimum Gasteiger partial charge on any atom is -0.368 e. The van der Waals surface area contributed by atoms with E-state index in [4.69, 9.17) is 5.73 Å². The molecule has 0 fully saturated rings. The number of rotatable bonds is 3. The quantitative estimate of drug-likeness (QED) is 0.542. The monoisotopic (exact) mass is 128 g/mol. The molecule has 0 aromatic rings. The topological polar surface area (TPSA) is 55.4 Å². The molecule has 0 radical (unpaired) electrons. The van der Waals surface area contributed by atoms with Crippen molar-refractivity contribution in [2.45, 2.75) is 19.9 Å². The Kier molecular flexibility index (Phi) is 2.91. The number of nitrogens with two attached hydrogens (primary N) is 1. The predicted molar refractivity (Wildman–Crippen MR) is 37.4 cm³/mol. The van der Waals surface area contributed by atoms with Crippen LogP contribution >= 0.6 is 0 Å². The molecule has 0 saturated heterocycles. The van der Waals surface area contributed by atoms with Crippen LogP contribution in [0.3, 0.4) is 0 Å². The molecule has 3 nitrogen and oxygen atoms in total. The van der Waals surface area contributed by atoms with Crippen molar-refractivity contribution in [3.8, 4) is 0 Å². The SMILES string of the molecule is C=NC(C(N)=O)C(C)C. The standard InChI is InChI=1S/C6H12N2O/c1-4(2)5(8-3)6(7)9/h4-5H,3H2,1-2H3,(H2,7,9). The molecule has 0 aromatic heterocycles. The summed E-state index contributed by atoms with van der Waals surface area (Å²) in [5.74, 6) is -0.250. The number of nitrogens with zero attached hydrogens (tertiary/aromatic N) is 1. The molecule has 0 spiro atoms. The van der Waals surface area contributed by atoms with E-state index in [9.17, 15) is 4.79 Å². The molecular formula is C6H12N2O. The van der Waals surface area contributed by atoms with Crippen molar-refractivity contribution >= 4 is 12.6 Å². The lowest BCUT2D eigenvalue weighted by atomic mass is 10.1. The van der Waals surface area contributed by atoms with E-state index >= 15 is 0 Å². The number of carbonyl (C=O) groups is 1. The van der Waals surface area contributed by atoms with Gasteiger partial charge in [0.25, 0.3) is 0 Å². The van der Waals surface area contributed by atoms with Gasteiger partial charge in [-0.1, -0.05) is 13.8 Å². The minimum atomic E-state index is -0.426. The van der Waals surface area contributed by atoms with Gasteiger partial charge in [0.15, 0.2) is 0 Å². The van der Waals surface area contributed by atoms with E-state index in [0.29, 0.717) is 0 Å². The van der Waals surface area contributed by atoms with Crippen LogP contribution in [0.1, 0.15) is 13.8 Å². The van der Waals surface area contributed by atoms with Gasteiger partial charge in [-0.15, -0.1) is 0 Å². The van der Waals surface area contributed by atoms with Crippen LogP contribution in [0.2, 0.25) is 0 Å². The summed E-state index contributed by atoms with van der Waals surface area (Å²) in [5, 5.41) is 0. The molecule has 52 valence electrons. The molecule has 0 aliphatic heterocycles. The van der Waals surface area contributed by atoms with Crippen molar-refractivity contribution in [1.82, 2.24) is 0 Å². The van der Waals surface area contributed by atoms with Gasteiger partial charge in [-0.3, -0.25) is 9.79 Å². The molecule has 0 aliphatic rings. The fourth-order valence-corrected chi connectivity index (χ4v) is 0.629. The molecule has 9 heavy (non-hydrogen) atoms. The maximum atomic E-state index is 10.5. The third-order valence-corrected chi connectivity index (χ3v) is 1.12. The van der Waals surface area contributed by atoms with Crippen LogP contribution in [-0.4, -0.2) is 18.7 Å². The number of aliphatic imine (C=N–C) groups is 1. The van der Waals surface area contributed by atoms with Crippen LogP contribution in [0, 0.1) is 5.92 Å². The highest BCUT2D eigenvalue weighted by molar-refractivity contribution is 5.80. The first-order chi connectivity index (χ1) is 4.09. The molecule has 1 atom stereocenters. The van der Waals surface area contributed by atoms with Gasteiger partial charge in [0.05, 0.1) is 0 Å². The van der Waals surface area contributed by atoms with E-state index in [-0.39, 0.29) is 5.92 Å². The molecule has 0 heterocycles. The first kappa shape index (κ1) is 8.14. The summed E-state index contributed by atoms with van der Waals surface area (Å²) < 4.78 is 0. The third kappa shape index (κ3) is 2.26. The van der Waals surface area contributed by atoms with E-state index in [2.05, 4.69) is 11.7 Å². The van der Waals surface area contributed by atoms with Crippen molar-refractivity contribution in [2.75, 3.05) is 0 Å². The number of hydrogen-bond acceptors (Lipinski definition) is 2. The summed E-state index contributed by atoms with van der Waals surface area (Å²) in [6, 6.07) is -0.426. The van der Waals surface area contributed by atoms with Crippen molar-refractivity contribution in [3.63, 3.8) is 0 Å². The fourth-order valence-electron chi connectivity index (χ4n) is 0.629. The highest BCUT2D eigenvalue weighted by Crippen LogP contribution is 2.03. The van der Waals surface area contributed by atoms with Crippen molar-refractivity contribution in [2.24, 2.45) is 16.6 Å². The van der Waals surface area contributed by atoms with Crippen LogP contribution in [0.25, 0.3) is 0 Å². The van der Waals surface area contributed by atoms with Crippen LogP contribution in [0.5, 0.6) is 0 Å². The van der Waals surface area contributed by atoms with Crippen molar-refractivity contribution < 1.29 is 4.79 Å². The Labute approximate surface area is 55.0 Å². The Bertz CT molecular complexity index is 120. The van der Waals surface area contributed by atoms with Gasteiger partial charge in [-0.2, -0.15) is 0 Å². The lowest BCUT2D eigenvalue weighted by Gasteiger charge is -2.09. The Morgan fingerprint density at radius 1 is 1.67 bits per heavy atom. The van der Waals surface area contributed by atoms with Gasteiger partial charge in [-0.05, 0) is 12.6 Å². The van der Waals surface area contributed by atoms with Crippen LogP contribution in [-0.2, 0) is 4.79 Å². The van der Waals surface area contributed by atoms with Gasteiger partial charge in [0.2, 0.25) is 5.91 Å². The predicted octanol–water partition coefficient (Wildman–Crippen LogP) is 0.197. The summed E-state index contributed by atoms with van der Waals surface area (Å²) in [6.07, 6.45) is 0. The molecular weight excluding hydrogens is 116 g/mol. The van der Waals surface area contributed by atoms with E-state index in [1.807, 2.05) is 13.8 Å². The van der Waals surface area contributed by atoms with E-state index < -0.39 is 11.9 Å². The summed E-state index contributed by atoms with van der Waals surface area (Å²) in [5.41, 5.74) is 4.98. The molecule has 1 unspecified atom stereocenters. The number of primary amides is 1. The largest absolute Gasteiger partial charge is 0.368 e. The second-order valence-electron chi connectivity index (χ2n) is 2.27. The third-order valence-electron chi connectivity index (χ3n) is 1.12. The average molecular weight is 128 g/mol. The molecule has 0 saturated carbocycles. The lowest BCUT2D eigenvalue weighted by Crippen LogP contribution is -2.30. The maximum absolute atomic E-state index is 10.5. The van der Waals surface area contributed by atoms with E-state index in [1.54, 1.807) is 0 Å². The smallest absolute Gasteiger partial charge is 0.242 e. The zero-order valence-corrected chi connectivity index (χ0v) is 5.79. The molecule has 3 heteroatoms. The zero-order valence-electron chi connectivity index (χ0n) is 5.79. The summed E-state index contributed by atoms with van der Waals surface area (Å²) >= 11 is 0. The number of hydrogen-bond donors (Lipinski definition) is 1. The van der Waals surface area contributed by atoms with Gasteiger partial charge in [0.1, 0.15) is 6.04 Å². The number of amides is 1. The first-order valence-corrected chi connectivity index (χ1v) is 2.84.